The number of likely N-dealkylation sites (N-methyl/N-ethyl adjacent to an activating group) is 1. The van der Waals surface area contributed by atoms with E-state index in [4.69, 9.17) is 19.7 Å². The molecule has 0 radical (unpaired) electrons. The summed E-state index contributed by atoms with van der Waals surface area (Å²) in [6, 6.07) is 9.07. The Labute approximate surface area is 201 Å². The molecule has 2 aromatic carbocycles. The van der Waals surface area contributed by atoms with Gasteiger partial charge in [-0.15, -0.1) is 0 Å². The SMILES string of the molecule is COc1ccc2c3c1OC1C(=O)CCC4(O)C(C2)N(C)CCC314.O=C(O)c1ccc(C(=O)O)cc1. The fourth-order valence-electron chi connectivity index (χ4n) is 6.44. The number of hydrogen-bond acceptors (Lipinski definition) is 7. The van der Waals surface area contributed by atoms with Gasteiger partial charge in [-0.25, -0.2) is 9.59 Å². The van der Waals surface area contributed by atoms with Crippen molar-refractivity contribution in [2.24, 2.45) is 0 Å². The maximum absolute atomic E-state index is 12.7. The van der Waals surface area contributed by atoms with Crippen LogP contribution >= 0.6 is 0 Å². The molecule has 35 heavy (non-hydrogen) atoms. The Bertz CT molecular complexity index is 1190. The summed E-state index contributed by atoms with van der Waals surface area (Å²) >= 11 is 0. The summed E-state index contributed by atoms with van der Waals surface area (Å²) in [5.74, 6) is -0.658. The molecule has 2 heterocycles. The van der Waals surface area contributed by atoms with Crippen LogP contribution in [0.3, 0.4) is 0 Å². The molecule has 1 saturated heterocycles. The summed E-state index contributed by atoms with van der Waals surface area (Å²) in [5, 5.41) is 28.7. The first-order chi connectivity index (χ1) is 16.6. The van der Waals surface area contributed by atoms with Gasteiger partial charge in [-0.2, -0.15) is 0 Å². The van der Waals surface area contributed by atoms with E-state index in [0.29, 0.717) is 24.3 Å². The average molecular weight is 482 g/mol. The monoisotopic (exact) mass is 481 g/mol. The molecule has 9 heteroatoms. The van der Waals surface area contributed by atoms with Gasteiger partial charge in [0.05, 0.1) is 29.3 Å². The fourth-order valence-corrected chi connectivity index (χ4v) is 6.44. The molecule has 6 rings (SSSR count). The number of ketones is 1. The van der Waals surface area contributed by atoms with Crippen LogP contribution in [0, 0.1) is 0 Å². The first kappa shape index (κ1) is 23.3. The van der Waals surface area contributed by atoms with Gasteiger partial charge in [0.2, 0.25) is 0 Å². The Morgan fingerprint density at radius 3 is 2.26 bits per heavy atom. The Hall–Kier alpha value is -3.43. The Kier molecular flexibility index (Phi) is 5.37. The molecule has 2 bridgehead atoms. The lowest BCUT2D eigenvalue weighted by Gasteiger charge is -2.62. The van der Waals surface area contributed by atoms with E-state index in [2.05, 4.69) is 18.0 Å². The van der Waals surface area contributed by atoms with Crippen LogP contribution in [0.25, 0.3) is 0 Å². The van der Waals surface area contributed by atoms with Gasteiger partial charge < -0.3 is 29.7 Å². The van der Waals surface area contributed by atoms with Crippen LogP contribution in [0.4, 0.5) is 0 Å². The molecule has 0 aromatic heterocycles. The molecule has 3 N–H and O–H groups in total. The van der Waals surface area contributed by atoms with Crippen molar-refractivity contribution in [1.29, 1.82) is 0 Å². The van der Waals surface area contributed by atoms with E-state index in [0.717, 1.165) is 24.9 Å². The molecule has 9 nitrogen and oxygen atoms in total. The van der Waals surface area contributed by atoms with Crippen LogP contribution in [0.15, 0.2) is 36.4 Å². The van der Waals surface area contributed by atoms with E-state index in [1.165, 1.54) is 29.8 Å². The van der Waals surface area contributed by atoms with Crippen LogP contribution in [0.5, 0.6) is 11.5 Å². The highest BCUT2D eigenvalue weighted by molar-refractivity contribution is 5.91. The van der Waals surface area contributed by atoms with Gasteiger partial charge in [0, 0.05) is 18.0 Å². The zero-order chi connectivity index (χ0) is 25.1. The highest BCUT2D eigenvalue weighted by Gasteiger charge is 2.72. The van der Waals surface area contributed by atoms with E-state index in [9.17, 15) is 19.5 Å². The third-order valence-corrected chi connectivity index (χ3v) is 8.11. The van der Waals surface area contributed by atoms with E-state index < -0.39 is 29.1 Å². The van der Waals surface area contributed by atoms with Crippen molar-refractivity contribution in [3.63, 3.8) is 0 Å². The summed E-state index contributed by atoms with van der Waals surface area (Å²) in [5.41, 5.74) is 0.904. The first-order valence-electron chi connectivity index (χ1n) is 11.5. The number of Topliss-reactive ketones (excluding diaryl/α,β-unsaturated/α-hetero) is 1. The van der Waals surface area contributed by atoms with E-state index in [1.807, 2.05) is 6.07 Å². The smallest absolute Gasteiger partial charge is 0.335 e. The molecule has 2 aliphatic carbocycles. The predicted octanol–water partition coefficient (Wildman–Crippen LogP) is 2.13. The number of aromatic carboxylic acids is 2. The molecule has 0 amide bonds. The number of carboxylic acids is 2. The van der Waals surface area contributed by atoms with E-state index in [1.54, 1.807) is 7.11 Å². The minimum Gasteiger partial charge on any atom is -0.493 e. The van der Waals surface area contributed by atoms with Crippen molar-refractivity contribution in [2.75, 3.05) is 20.7 Å². The number of benzene rings is 2. The molecule has 4 unspecified atom stereocenters. The Balaban J connectivity index is 0.000000180. The molecule has 2 fully saturated rings. The first-order valence-corrected chi connectivity index (χ1v) is 11.5. The number of carboxylic acid groups (broad SMARTS) is 2. The number of methoxy groups -OCH3 is 1. The summed E-state index contributed by atoms with van der Waals surface area (Å²) in [6.45, 7) is 0.871. The molecule has 4 atom stereocenters. The van der Waals surface area contributed by atoms with Gasteiger partial charge >= 0.3 is 11.9 Å². The normalized spacial score (nSPS) is 29.9. The van der Waals surface area contributed by atoms with Crippen molar-refractivity contribution in [3.05, 3.63) is 58.7 Å². The molecule has 2 aromatic rings. The number of carbonyl (C=O) groups excluding carboxylic acids is 1. The number of hydrogen-bond donors (Lipinski definition) is 3. The largest absolute Gasteiger partial charge is 0.493 e. The second-order valence-corrected chi connectivity index (χ2v) is 9.63. The molecule has 1 saturated carbocycles. The third kappa shape index (κ3) is 3.18. The second kappa shape index (κ2) is 8.07. The third-order valence-electron chi connectivity index (χ3n) is 8.11. The predicted molar refractivity (Wildman–Crippen MR) is 123 cm³/mol. The standard InChI is InChI=1S/C18H21NO4.C8H6O4/c1-19-8-7-17-14-10-3-4-12(22-2)15(14)23-16(17)11(20)5-6-18(17,21)13(19)9-10;9-7(10)5-1-2-6(4-3-5)8(11)12/h3-4,13,16,21H,5-9H2,1-2H3;1-4H,(H,9,10)(H,11,12). The Morgan fingerprint density at radius 2 is 1.69 bits per heavy atom. The maximum Gasteiger partial charge on any atom is 0.335 e. The molecular weight excluding hydrogens is 454 g/mol. The van der Waals surface area contributed by atoms with Gasteiger partial charge in [0.15, 0.2) is 23.4 Å². The lowest BCUT2D eigenvalue weighted by molar-refractivity contribution is -0.185. The Morgan fingerprint density at radius 1 is 1.06 bits per heavy atom. The van der Waals surface area contributed by atoms with E-state index in [-0.39, 0.29) is 23.0 Å². The van der Waals surface area contributed by atoms with Gasteiger partial charge in [-0.3, -0.25) is 4.79 Å². The minimum absolute atomic E-state index is 0.0438. The zero-order valence-electron chi connectivity index (χ0n) is 19.5. The van der Waals surface area contributed by atoms with Crippen LogP contribution in [-0.2, 0) is 16.6 Å². The zero-order valence-corrected chi connectivity index (χ0v) is 19.5. The number of nitrogens with zero attached hydrogens (tertiary/aromatic N) is 1. The summed E-state index contributed by atoms with van der Waals surface area (Å²) in [4.78, 5) is 35.6. The number of likely N-dealkylation sites (tertiary alicyclic amines) is 1. The molecular formula is C26H27NO8. The fraction of sp³-hybridized carbons (Fsp3) is 0.423. The minimum atomic E-state index is -1.06. The topological polar surface area (TPSA) is 134 Å². The number of rotatable bonds is 3. The number of piperidine rings is 1. The lowest BCUT2D eigenvalue weighted by atomic mass is 9.49. The van der Waals surface area contributed by atoms with Crippen LogP contribution in [-0.4, -0.2) is 76.4 Å². The number of carbonyl (C=O) groups is 3. The van der Waals surface area contributed by atoms with Crippen molar-refractivity contribution in [3.8, 4) is 11.5 Å². The lowest BCUT2D eigenvalue weighted by Crippen LogP contribution is -2.76. The number of aliphatic hydroxyl groups is 1. The van der Waals surface area contributed by atoms with Gasteiger partial charge in [-0.05, 0) is 68.8 Å². The van der Waals surface area contributed by atoms with Crippen LogP contribution in [0.2, 0.25) is 0 Å². The second-order valence-electron chi connectivity index (χ2n) is 9.63. The molecule has 2 aliphatic heterocycles. The van der Waals surface area contributed by atoms with Crippen molar-refractivity contribution >= 4 is 17.7 Å². The summed E-state index contributed by atoms with van der Waals surface area (Å²) < 4.78 is 11.6. The van der Waals surface area contributed by atoms with Crippen molar-refractivity contribution < 1.29 is 39.2 Å². The van der Waals surface area contributed by atoms with Gasteiger partial charge in [0.25, 0.3) is 0 Å². The van der Waals surface area contributed by atoms with Crippen molar-refractivity contribution in [1.82, 2.24) is 4.90 Å². The van der Waals surface area contributed by atoms with E-state index >= 15 is 0 Å². The summed E-state index contributed by atoms with van der Waals surface area (Å²) in [6.07, 6.45) is 1.89. The highest BCUT2D eigenvalue weighted by atomic mass is 16.5. The molecule has 4 aliphatic rings. The van der Waals surface area contributed by atoms with Crippen LogP contribution < -0.4 is 9.47 Å². The van der Waals surface area contributed by atoms with Crippen LogP contribution in [0.1, 0.15) is 51.1 Å². The highest BCUT2D eigenvalue weighted by Crippen LogP contribution is 2.64. The molecule has 184 valence electrons. The summed E-state index contributed by atoms with van der Waals surface area (Å²) in [7, 11) is 3.70. The quantitative estimate of drug-likeness (QED) is 0.603. The van der Waals surface area contributed by atoms with Crippen molar-refractivity contribution in [2.45, 2.75) is 48.8 Å². The van der Waals surface area contributed by atoms with Gasteiger partial charge in [0.1, 0.15) is 0 Å². The molecule has 1 spiro atoms. The maximum atomic E-state index is 12.7. The number of ether oxygens (including phenoxy) is 2. The average Bonchev–Trinajstić information content (AvgIpc) is 3.20. The van der Waals surface area contributed by atoms with Gasteiger partial charge in [-0.1, -0.05) is 6.07 Å².